The summed E-state index contributed by atoms with van der Waals surface area (Å²) >= 11 is 0. The molecule has 28 heavy (non-hydrogen) atoms. The molecule has 1 aliphatic rings. The topological polar surface area (TPSA) is 60.0 Å². The third kappa shape index (κ3) is 5.50. The zero-order chi connectivity index (χ0) is 19.8. The standard InChI is InChI=1S/C22H26N2O4/c1-3-12-24(14-17-8-10-18(26-2)11-9-17)15-22(25)23-13-19-16-27-20-6-4-5-7-21(20)28-19/h3-11,19H,1,12-16H2,2H3,(H,23,25). The van der Waals surface area contributed by atoms with Crippen molar-refractivity contribution in [1.82, 2.24) is 10.2 Å². The minimum Gasteiger partial charge on any atom is -0.497 e. The van der Waals surface area contributed by atoms with E-state index in [9.17, 15) is 4.79 Å². The number of fused-ring (bicyclic) bond motifs is 1. The maximum absolute atomic E-state index is 12.4. The summed E-state index contributed by atoms with van der Waals surface area (Å²) in [5.74, 6) is 2.20. The van der Waals surface area contributed by atoms with E-state index in [0.717, 1.165) is 17.1 Å². The van der Waals surface area contributed by atoms with Crippen LogP contribution in [-0.2, 0) is 11.3 Å². The minimum absolute atomic E-state index is 0.0576. The second kappa shape index (κ2) is 9.80. The summed E-state index contributed by atoms with van der Waals surface area (Å²) in [6.45, 7) is 6.16. The maximum atomic E-state index is 12.4. The average molecular weight is 382 g/mol. The van der Waals surface area contributed by atoms with E-state index in [1.807, 2.05) is 53.4 Å². The molecule has 0 fully saturated rings. The van der Waals surface area contributed by atoms with Gasteiger partial charge in [0.05, 0.1) is 20.2 Å². The fraction of sp³-hybridized carbons (Fsp3) is 0.318. The normalized spacial score (nSPS) is 15.1. The van der Waals surface area contributed by atoms with E-state index < -0.39 is 0 Å². The first-order valence-electron chi connectivity index (χ1n) is 9.29. The second-order valence-electron chi connectivity index (χ2n) is 6.61. The van der Waals surface area contributed by atoms with Gasteiger partial charge in [-0.3, -0.25) is 9.69 Å². The van der Waals surface area contributed by atoms with Gasteiger partial charge in [-0.2, -0.15) is 0 Å². The van der Waals surface area contributed by atoms with Gasteiger partial charge in [0.1, 0.15) is 18.5 Å². The van der Waals surface area contributed by atoms with E-state index in [1.54, 1.807) is 13.2 Å². The molecule has 1 N–H and O–H groups in total. The summed E-state index contributed by atoms with van der Waals surface area (Å²) in [6.07, 6.45) is 1.60. The minimum atomic E-state index is -0.201. The van der Waals surface area contributed by atoms with E-state index in [1.165, 1.54) is 0 Å². The molecule has 0 bridgehead atoms. The molecule has 0 saturated carbocycles. The van der Waals surface area contributed by atoms with Gasteiger partial charge < -0.3 is 19.5 Å². The molecule has 6 heteroatoms. The zero-order valence-corrected chi connectivity index (χ0v) is 16.1. The van der Waals surface area contributed by atoms with E-state index in [4.69, 9.17) is 14.2 Å². The van der Waals surface area contributed by atoms with Crippen LogP contribution >= 0.6 is 0 Å². The van der Waals surface area contributed by atoms with Crippen LogP contribution in [0.15, 0.2) is 61.2 Å². The number of carbonyl (C=O) groups is 1. The van der Waals surface area contributed by atoms with Crippen molar-refractivity contribution in [3.63, 3.8) is 0 Å². The van der Waals surface area contributed by atoms with Gasteiger partial charge in [0.2, 0.25) is 5.91 Å². The van der Waals surface area contributed by atoms with Crippen molar-refractivity contribution < 1.29 is 19.0 Å². The number of hydrogen-bond donors (Lipinski definition) is 1. The van der Waals surface area contributed by atoms with Crippen LogP contribution in [0.5, 0.6) is 17.2 Å². The lowest BCUT2D eigenvalue weighted by atomic mass is 10.2. The van der Waals surface area contributed by atoms with Gasteiger partial charge in [-0.15, -0.1) is 6.58 Å². The van der Waals surface area contributed by atoms with E-state index in [-0.39, 0.29) is 18.6 Å². The van der Waals surface area contributed by atoms with Crippen LogP contribution in [0.4, 0.5) is 0 Å². The number of benzene rings is 2. The van der Waals surface area contributed by atoms with Crippen LogP contribution < -0.4 is 19.5 Å². The van der Waals surface area contributed by atoms with Gasteiger partial charge >= 0.3 is 0 Å². The van der Waals surface area contributed by atoms with Crippen molar-refractivity contribution in [3.05, 3.63) is 66.7 Å². The molecule has 0 aromatic heterocycles. The Hall–Kier alpha value is -2.99. The van der Waals surface area contributed by atoms with Gasteiger partial charge in [-0.1, -0.05) is 30.3 Å². The highest BCUT2D eigenvalue weighted by Crippen LogP contribution is 2.30. The number of hydrogen-bond acceptors (Lipinski definition) is 5. The Morgan fingerprint density at radius 2 is 2.00 bits per heavy atom. The van der Waals surface area contributed by atoms with Gasteiger partial charge in [-0.05, 0) is 29.8 Å². The molecule has 0 aliphatic carbocycles. The van der Waals surface area contributed by atoms with Crippen LogP contribution in [0, 0.1) is 0 Å². The summed E-state index contributed by atoms with van der Waals surface area (Å²) in [4.78, 5) is 14.4. The molecular weight excluding hydrogens is 356 g/mol. The number of para-hydroxylation sites is 2. The van der Waals surface area contributed by atoms with Gasteiger partial charge in [0.25, 0.3) is 0 Å². The predicted octanol–water partition coefficient (Wildman–Crippen LogP) is 2.64. The van der Waals surface area contributed by atoms with Crippen molar-refractivity contribution in [2.75, 3.05) is 33.4 Å². The fourth-order valence-corrected chi connectivity index (χ4v) is 3.01. The largest absolute Gasteiger partial charge is 0.497 e. The van der Waals surface area contributed by atoms with Crippen molar-refractivity contribution in [3.8, 4) is 17.2 Å². The Kier molecular flexibility index (Phi) is 6.92. The summed E-state index contributed by atoms with van der Waals surface area (Å²) < 4.78 is 16.7. The molecule has 1 heterocycles. The number of carbonyl (C=O) groups excluding carboxylic acids is 1. The highest BCUT2D eigenvalue weighted by molar-refractivity contribution is 5.78. The molecule has 1 aliphatic heterocycles. The first-order valence-corrected chi connectivity index (χ1v) is 9.29. The molecule has 0 radical (unpaired) electrons. The average Bonchev–Trinajstić information content (AvgIpc) is 2.73. The van der Waals surface area contributed by atoms with Gasteiger partial charge in [0.15, 0.2) is 11.5 Å². The van der Waals surface area contributed by atoms with Crippen molar-refractivity contribution in [2.45, 2.75) is 12.6 Å². The Morgan fingerprint density at radius 1 is 1.25 bits per heavy atom. The third-order valence-corrected chi connectivity index (χ3v) is 4.41. The highest BCUT2D eigenvalue weighted by atomic mass is 16.6. The monoisotopic (exact) mass is 382 g/mol. The first-order chi connectivity index (χ1) is 13.7. The Balaban J connectivity index is 1.48. The molecule has 2 aromatic rings. The number of rotatable bonds is 9. The van der Waals surface area contributed by atoms with E-state index in [0.29, 0.717) is 32.0 Å². The second-order valence-corrected chi connectivity index (χ2v) is 6.61. The highest BCUT2D eigenvalue weighted by Gasteiger charge is 2.21. The maximum Gasteiger partial charge on any atom is 0.234 e. The Morgan fingerprint density at radius 3 is 2.71 bits per heavy atom. The summed E-state index contributed by atoms with van der Waals surface area (Å²) in [7, 11) is 1.64. The van der Waals surface area contributed by atoms with Crippen LogP contribution in [-0.4, -0.2) is 50.3 Å². The van der Waals surface area contributed by atoms with Crippen LogP contribution in [0.25, 0.3) is 0 Å². The fourth-order valence-electron chi connectivity index (χ4n) is 3.01. The summed E-state index contributed by atoms with van der Waals surface area (Å²) in [5, 5.41) is 2.94. The SMILES string of the molecule is C=CCN(CC(=O)NCC1COc2ccccc2O1)Cc1ccc(OC)cc1. The van der Waals surface area contributed by atoms with E-state index >= 15 is 0 Å². The molecule has 148 valence electrons. The number of methoxy groups -OCH3 is 1. The zero-order valence-electron chi connectivity index (χ0n) is 16.1. The predicted molar refractivity (Wildman–Crippen MR) is 108 cm³/mol. The number of ether oxygens (including phenoxy) is 3. The number of nitrogens with one attached hydrogen (secondary N) is 1. The number of amides is 1. The summed E-state index contributed by atoms with van der Waals surface area (Å²) in [6, 6.07) is 15.4. The molecule has 0 saturated heterocycles. The molecule has 3 rings (SSSR count). The van der Waals surface area contributed by atoms with Crippen LogP contribution in [0.3, 0.4) is 0 Å². The molecule has 1 amide bonds. The van der Waals surface area contributed by atoms with Crippen molar-refractivity contribution in [2.24, 2.45) is 0 Å². The lowest BCUT2D eigenvalue weighted by molar-refractivity contribution is -0.122. The smallest absolute Gasteiger partial charge is 0.234 e. The summed E-state index contributed by atoms with van der Waals surface area (Å²) in [5.41, 5.74) is 1.11. The third-order valence-electron chi connectivity index (χ3n) is 4.41. The first kappa shape index (κ1) is 19.8. The molecule has 6 nitrogen and oxygen atoms in total. The molecule has 1 atom stereocenters. The van der Waals surface area contributed by atoms with Crippen molar-refractivity contribution in [1.29, 1.82) is 0 Å². The van der Waals surface area contributed by atoms with Crippen LogP contribution in [0.2, 0.25) is 0 Å². The molecule has 0 spiro atoms. The quantitative estimate of drug-likeness (QED) is 0.676. The lowest BCUT2D eigenvalue weighted by Crippen LogP contribution is -2.44. The van der Waals surface area contributed by atoms with Gasteiger partial charge in [-0.25, -0.2) is 0 Å². The molecule has 1 unspecified atom stereocenters. The lowest BCUT2D eigenvalue weighted by Gasteiger charge is -2.27. The van der Waals surface area contributed by atoms with Gasteiger partial charge in [0, 0.05) is 13.1 Å². The Labute approximate surface area is 165 Å². The van der Waals surface area contributed by atoms with Crippen LogP contribution in [0.1, 0.15) is 5.56 Å². The molecule has 2 aromatic carbocycles. The molecular formula is C22H26N2O4. The number of nitrogens with zero attached hydrogens (tertiary/aromatic N) is 1. The Bertz CT molecular complexity index is 791. The van der Waals surface area contributed by atoms with Crippen molar-refractivity contribution >= 4 is 5.91 Å². The van der Waals surface area contributed by atoms with E-state index in [2.05, 4.69) is 11.9 Å².